The first-order valence-electron chi connectivity index (χ1n) is 3.11. The fourth-order valence-electron chi connectivity index (χ4n) is 0.711. The van der Waals surface area contributed by atoms with E-state index in [2.05, 4.69) is 26.3 Å². The van der Waals surface area contributed by atoms with Crippen LogP contribution in [0.3, 0.4) is 0 Å². The van der Waals surface area contributed by atoms with Crippen LogP contribution >= 0.6 is 15.9 Å². The number of hydrogen-bond donors (Lipinski definition) is 1. The largest absolute Gasteiger partial charge is 0.305 e. The number of nitrogens with zero attached hydrogens (tertiary/aromatic N) is 2. The van der Waals surface area contributed by atoms with Gasteiger partial charge in [-0.15, -0.1) is 5.11 Å². The Labute approximate surface area is 73.4 Å². The first-order valence-corrected chi connectivity index (χ1v) is 3.90. The average Bonchev–Trinajstić information content (AvgIpc) is 1.98. The number of hydrogen-bond acceptors (Lipinski definition) is 2. The van der Waals surface area contributed by atoms with Gasteiger partial charge in [-0.1, -0.05) is 27.2 Å². The number of nitrogens with two attached hydrogens (primary N) is 1. The van der Waals surface area contributed by atoms with Crippen molar-refractivity contribution in [3.8, 4) is 0 Å². The van der Waals surface area contributed by atoms with Crippen LogP contribution < -0.4 is 5.84 Å². The molecule has 58 valence electrons. The lowest BCUT2D eigenvalue weighted by Gasteiger charge is -1.96. The summed E-state index contributed by atoms with van der Waals surface area (Å²) in [5, 5.41) is 6.86. The Morgan fingerprint density at radius 1 is 1.45 bits per heavy atom. The van der Waals surface area contributed by atoms with E-state index in [0.717, 1.165) is 10.2 Å². The lowest BCUT2D eigenvalue weighted by atomic mass is 10.2. The third kappa shape index (κ3) is 2.01. The zero-order valence-electron chi connectivity index (χ0n) is 6.08. The van der Waals surface area contributed by atoms with Gasteiger partial charge in [0.1, 0.15) is 0 Å². The highest BCUT2D eigenvalue weighted by molar-refractivity contribution is 9.10. The summed E-state index contributed by atoms with van der Waals surface area (Å²) in [4.78, 5) is 0. The lowest BCUT2D eigenvalue weighted by Crippen LogP contribution is -1.76. The van der Waals surface area contributed by atoms with E-state index >= 15 is 0 Å². The Morgan fingerprint density at radius 2 is 2.18 bits per heavy atom. The average molecular weight is 214 g/mol. The molecule has 0 unspecified atom stereocenters. The quantitative estimate of drug-likeness (QED) is 0.436. The van der Waals surface area contributed by atoms with E-state index in [9.17, 15) is 0 Å². The number of aryl methyl sites for hydroxylation is 1. The molecule has 0 radical (unpaired) electrons. The number of halogens is 1. The van der Waals surface area contributed by atoms with Crippen molar-refractivity contribution < 1.29 is 0 Å². The molecule has 0 aromatic heterocycles. The Balaban J connectivity index is 3.05. The Hall–Kier alpha value is -0.900. The van der Waals surface area contributed by atoms with Crippen LogP contribution in [-0.4, -0.2) is 0 Å². The summed E-state index contributed by atoms with van der Waals surface area (Å²) < 4.78 is 1.02. The molecule has 4 heteroatoms. The van der Waals surface area contributed by atoms with Crippen molar-refractivity contribution in [1.82, 2.24) is 0 Å². The van der Waals surface area contributed by atoms with Crippen molar-refractivity contribution in [1.29, 1.82) is 0 Å². The van der Waals surface area contributed by atoms with Gasteiger partial charge >= 0.3 is 0 Å². The zero-order valence-corrected chi connectivity index (χ0v) is 7.67. The Bertz CT molecular complexity index is 283. The first-order chi connectivity index (χ1) is 5.24. The van der Waals surface area contributed by atoms with Gasteiger partial charge in [0.2, 0.25) is 0 Å². The fraction of sp³-hybridized carbons (Fsp3) is 0.143. The minimum absolute atomic E-state index is 0.755. The van der Waals surface area contributed by atoms with E-state index in [1.807, 2.05) is 25.1 Å². The maximum atomic E-state index is 4.89. The van der Waals surface area contributed by atoms with E-state index in [4.69, 9.17) is 5.84 Å². The van der Waals surface area contributed by atoms with Crippen molar-refractivity contribution >= 4 is 21.6 Å². The second-order valence-corrected chi connectivity index (χ2v) is 3.00. The van der Waals surface area contributed by atoms with Crippen LogP contribution in [-0.2, 0) is 0 Å². The molecule has 0 heterocycles. The summed E-state index contributed by atoms with van der Waals surface area (Å²) in [7, 11) is 0. The van der Waals surface area contributed by atoms with E-state index in [1.54, 1.807) is 0 Å². The molecule has 1 rings (SSSR count). The molecule has 0 amide bonds. The van der Waals surface area contributed by atoms with Gasteiger partial charge in [-0.05, 0) is 24.6 Å². The maximum Gasteiger partial charge on any atom is 0.0885 e. The summed E-state index contributed by atoms with van der Waals surface area (Å²) >= 11 is 3.37. The van der Waals surface area contributed by atoms with E-state index < -0.39 is 0 Å². The topological polar surface area (TPSA) is 50.7 Å². The highest BCUT2D eigenvalue weighted by atomic mass is 79.9. The van der Waals surface area contributed by atoms with Crippen molar-refractivity contribution in [2.24, 2.45) is 16.2 Å². The van der Waals surface area contributed by atoms with Crippen molar-refractivity contribution in [3.05, 3.63) is 28.2 Å². The third-order valence-corrected chi connectivity index (χ3v) is 2.18. The molecule has 0 saturated heterocycles. The van der Waals surface area contributed by atoms with E-state index in [-0.39, 0.29) is 0 Å². The zero-order chi connectivity index (χ0) is 8.27. The highest BCUT2D eigenvalue weighted by Gasteiger charge is 1.94. The summed E-state index contributed by atoms with van der Waals surface area (Å²) in [6.07, 6.45) is 0. The van der Waals surface area contributed by atoms with Gasteiger partial charge in [-0.2, -0.15) is 0 Å². The minimum atomic E-state index is 0.755. The second kappa shape index (κ2) is 3.48. The number of benzene rings is 1. The smallest absolute Gasteiger partial charge is 0.0885 e. The normalized spacial score (nSPS) is 10.7. The van der Waals surface area contributed by atoms with Crippen molar-refractivity contribution in [2.45, 2.75) is 6.92 Å². The standard InChI is InChI=1S/C7H8BrN3/c1-5-2-3-6(10-11-9)4-7(5)8/h2-4H,1H3,(H2,9,10). The lowest BCUT2D eigenvalue weighted by molar-refractivity contribution is 1.06. The molecule has 1 aromatic rings. The van der Waals surface area contributed by atoms with Gasteiger partial charge < -0.3 is 5.84 Å². The molecular formula is C7H8BrN3. The molecule has 0 atom stereocenters. The van der Waals surface area contributed by atoms with Crippen LogP contribution in [0.4, 0.5) is 5.69 Å². The highest BCUT2D eigenvalue weighted by Crippen LogP contribution is 2.22. The third-order valence-electron chi connectivity index (χ3n) is 1.33. The second-order valence-electron chi connectivity index (χ2n) is 2.15. The van der Waals surface area contributed by atoms with Gasteiger partial charge in [0.25, 0.3) is 0 Å². The molecule has 0 bridgehead atoms. The van der Waals surface area contributed by atoms with E-state index in [0.29, 0.717) is 0 Å². The molecular weight excluding hydrogens is 206 g/mol. The van der Waals surface area contributed by atoms with Gasteiger partial charge in [0.05, 0.1) is 5.69 Å². The van der Waals surface area contributed by atoms with Crippen LogP contribution in [0.15, 0.2) is 33.0 Å². The summed E-state index contributed by atoms with van der Waals surface area (Å²) in [5.74, 6) is 4.89. The minimum Gasteiger partial charge on any atom is -0.305 e. The molecule has 0 saturated carbocycles. The molecule has 0 aliphatic rings. The molecule has 0 aliphatic carbocycles. The summed E-state index contributed by atoms with van der Waals surface area (Å²) in [5.41, 5.74) is 1.92. The molecule has 0 aliphatic heterocycles. The van der Waals surface area contributed by atoms with Crippen LogP contribution in [0.25, 0.3) is 0 Å². The molecule has 11 heavy (non-hydrogen) atoms. The summed E-state index contributed by atoms with van der Waals surface area (Å²) in [6, 6.07) is 5.68. The molecule has 0 spiro atoms. The van der Waals surface area contributed by atoms with Gasteiger partial charge in [0, 0.05) is 4.47 Å². The Kier molecular flexibility index (Phi) is 2.59. The number of rotatable bonds is 1. The van der Waals surface area contributed by atoms with Gasteiger partial charge in [0.15, 0.2) is 0 Å². The van der Waals surface area contributed by atoms with Gasteiger partial charge in [-0.3, -0.25) is 0 Å². The fourth-order valence-corrected chi connectivity index (χ4v) is 1.08. The molecule has 3 nitrogen and oxygen atoms in total. The van der Waals surface area contributed by atoms with Gasteiger partial charge in [-0.25, -0.2) is 0 Å². The van der Waals surface area contributed by atoms with Crippen LogP contribution in [0.1, 0.15) is 5.56 Å². The molecule has 2 N–H and O–H groups in total. The monoisotopic (exact) mass is 213 g/mol. The maximum absolute atomic E-state index is 4.89. The van der Waals surface area contributed by atoms with Crippen LogP contribution in [0.2, 0.25) is 0 Å². The van der Waals surface area contributed by atoms with Crippen LogP contribution in [0.5, 0.6) is 0 Å². The first kappa shape index (κ1) is 8.20. The SMILES string of the molecule is Cc1ccc(N=NN)cc1Br. The molecule has 0 fully saturated rings. The van der Waals surface area contributed by atoms with Crippen molar-refractivity contribution in [3.63, 3.8) is 0 Å². The van der Waals surface area contributed by atoms with E-state index in [1.165, 1.54) is 5.56 Å². The molecule has 1 aromatic carbocycles. The summed E-state index contributed by atoms with van der Waals surface area (Å²) in [6.45, 7) is 2.01. The predicted molar refractivity (Wildman–Crippen MR) is 47.6 cm³/mol. The Morgan fingerprint density at radius 3 is 2.73 bits per heavy atom. The predicted octanol–water partition coefficient (Wildman–Crippen LogP) is 2.71. The van der Waals surface area contributed by atoms with Crippen LogP contribution in [0, 0.1) is 6.92 Å². The van der Waals surface area contributed by atoms with Crippen molar-refractivity contribution in [2.75, 3.05) is 0 Å².